The zero-order chi connectivity index (χ0) is 24.6. The number of ether oxygens (including phenoxy) is 1. The van der Waals surface area contributed by atoms with Crippen LogP contribution >= 0.6 is 0 Å². The summed E-state index contributed by atoms with van der Waals surface area (Å²) in [5.74, 6) is 2.07. The minimum atomic E-state index is -0.0491. The Kier molecular flexibility index (Phi) is 6.02. The molecule has 36 heavy (non-hydrogen) atoms. The number of carbonyl (C=O) groups is 1. The lowest BCUT2D eigenvalue weighted by Crippen LogP contribution is -2.41. The molecule has 0 radical (unpaired) electrons. The third-order valence-corrected chi connectivity index (χ3v) is 6.96. The van der Waals surface area contributed by atoms with Crippen molar-refractivity contribution >= 4 is 45.2 Å². The zero-order valence-electron chi connectivity index (χ0n) is 20.8. The van der Waals surface area contributed by atoms with Gasteiger partial charge in [-0.2, -0.15) is 0 Å². The van der Waals surface area contributed by atoms with E-state index in [4.69, 9.17) is 14.7 Å². The maximum absolute atomic E-state index is 13.0. The van der Waals surface area contributed by atoms with Crippen LogP contribution in [0, 0.1) is 6.92 Å². The molecule has 9 heteroatoms. The summed E-state index contributed by atoms with van der Waals surface area (Å²) in [5.41, 5.74) is 5.37. The SMILES string of the molecule is CCn1c(C2CC2)nc2c(NC(=O)CN3CCOCC3)cc(Nc3ncc4cccc(C)c4n3)cc21. The van der Waals surface area contributed by atoms with Crippen LogP contribution in [-0.2, 0) is 16.1 Å². The molecule has 6 rings (SSSR count). The zero-order valence-corrected chi connectivity index (χ0v) is 20.8. The lowest BCUT2D eigenvalue weighted by molar-refractivity contribution is -0.118. The van der Waals surface area contributed by atoms with Crippen molar-refractivity contribution in [1.82, 2.24) is 24.4 Å². The predicted octanol–water partition coefficient (Wildman–Crippen LogP) is 4.20. The van der Waals surface area contributed by atoms with Crippen molar-refractivity contribution in [3.63, 3.8) is 0 Å². The van der Waals surface area contributed by atoms with E-state index in [1.54, 1.807) is 0 Å². The highest BCUT2D eigenvalue weighted by molar-refractivity contribution is 6.02. The van der Waals surface area contributed by atoms with Crippen molar-refractivity contribution in [3.8, 4) is 0 Å². The number of aromatic nitrogens is 4. The van der Waals surface area contributed by atoms with E-state index >= 15 is 0 Å². The monoisotopic (exact) mass is 485 g/mol. The first-order valence-corrected chi connectivity index (χ1v) is 12.7. The quantitative estimate of drug-likeness (QED) is 0.405. The molecule has 0 bridgehead atoms. The van der Waals surface area contributed by atoms with Gasteiger partial charge in [-0.25, -0.2) is 15.0 Å². The fourth-order valence-corrected chi connectivity index (χ4v) is 4.94. The van der Waals surface area contributed by atoms with E-state index in [1.807, 2.05) is 37.4 Å². The average Bonchev–Trinajstić information content (AvgIpc) is 3.65. The van der Waals surface area contributed by atoms with Crippen LogP contribution in [0.4, 0.5) is 17.3 Å². The lowest BCUT2D eigenvalue weighted by atomic mass is 10.1. The van der Waals surface area contributed by atoms with E-state index < -0.39 is 0 Å². The van der Waals surface area contributed by atoms with Gasteiger partial charge in [-0.15, -0.1) is 0 Å². The molecule has 1 aliphatic heterocycles. The topological polar surface area (TPSA) is 97.2 Å². The summed E-state index contributed by atoms with van der Waals surface area (Å²) in [5, 5.41) is 7.52. The van der Waals surface area contributed by atoms with Crippen LogP contribution in [0.1, 0.15) is 37.1 Å². The van der Waals surface area contributed by atoms with Crippen molar-refractivity contribution in [3.05, 3.63) is 47.9 Å². The molecule has 2 aromatic heterocycles. The van der Waals surface area contributed by atoms with Gasteiger partial charge in [0.15, 0.2) is 0 Å². The third-order valence-electron chi connectivity index (χ3n) is 6.96. The number of imidazole rings is 1. The molecule has 0 spiro atoms. The Morgan fingerprint density at radius 2 is 1.97 bits per heavy atom. The number of benzene rings is 2. The van der Waals surface area contributed by atoms with Gasteiger partial charge in [0.2, 0.25) is 11.9 Å². The van der Waals surface area contributed by atoms with E-state index in [2.05, 4.69) is 38.1 Å². The smallest absolute Gasteiger partial charge is 0.238 e. The van der Waals surface area contributed by atoms with Gasteiger partial charge in [0, 0.05) is 42.8 Å². The summed E-state index contributed by atoms with van der Waals surface area (Å²) in [4.78, 5) is 29.4. The average molecular weight is 486 g/mol. The number of nitrogens with one attached hydrogen (secondary N) is 2. The standard InChI is InChI=1S/C27H31N7O2/c1-3-34-22-14-20(29-27-28-15-19-6-4-5-17(2)24(19)32-27)13-21(25(22)31-26(34)18-7-8-18)30-23(35)16-33-9-11-36-12-10-33/h4-6,13-15,18H,3,7-12,16H2,1-2H3,(H,30,35)(H,28,29,32). The van der Waals surface area contributed by atoms with Crippen molar-refractivity contribution in [1.29, 1.82) is 0 Å². The molecule has 1 amide bonds. The molecule has 2 N–H and O–H groups in total. The molecule has 2 aromatic carbocycles. The first-order valence-electron chi connectivity index (χ1n) is 12.7. The fraction of sp³-hybridized carbons (Fsp3) is 0.407. The molecule has 186 valence electrons. The normalized spacial score (nSPS) is 16.5. The maximum Gasteiger partial charge on any atom is 0.238 e. The van der Waals surface area contributed by atoms with Crippen LogP contribution in [-0.4, -0.2) is 63.2 Å². The van der Waals surface area contributed by atoms with Gasteiger partial charge >= 0.3 is 0 Å². The molecule has 1 saturated carbocycles. The van der Waals surface area contributed by atoms with Gasteiger partial charge < -0.3 is 19.9 Å². The van der Waals surface area contributed by atoms with Gasteiger partial charge in [0.05, 0.1) is 36.5 Å². The molecule has 1 saturated heterocycles. The Morgan fingerprint density at radius 3 is 2.75 bits per heavy atom. The van der Waals surface area contributed by atoms with E-state index in [0.717, 1.165) is 71.5 Å². The maximum atomic E-state index is 13.0. The van der Waals surface area contributed by atoms with E-state index in [-0.39, 0.29) is 5.91 Å². The summed E-state index contributed by atoms with van der Waals surface area (Å²) in [6, 6.07) is 10.1. The van der Waals surface area contributed by atoms with Gasteiger partial charge in [0.1, 0.15) is 11.3 Å². The molecule has 9 nitrogen and oxygen atoms in total. The van der Waals surface area contributed by atoms with Crippen LogP contribution in [0.5, 0.6) is 0 Å². The fourth-order valence-electron chi connectivity index (χ4n) is 4.94. The minimum Gasteiger partial charge on any atom is -0.379 e. The van der Waals surface area contributed by atoms with Gasteiger partial charge in [0.25, 0.3) is 0 Å². The number of hydrogen-bond acceptors (Lipinski definition) is 7. The Bertz CT molecular complexity index is 1440. The second kappa shape index (κ2) is 9.48. The molecule has 0 atom stereocenters. The summed E-state index contributed by atoms with van der Waals surface area (Å²) in [6.07, 6.45) is 4.16. The Hall–Kier alpha value is -3.56. The van der Waals surface area contributed by atoms with Crippen LogP contribution in [0.15, 0.2) is 36.5 Å². The van der Waals surface area contributed by atoms with Crippen LogP contribution in [0.2, 0.25) is 0 Å². The van der Waals surface area contributed by atoms with Crippen LogP contribution < -0.4 is 10.6 Å². The summed E-state index contributed by atoms with van der Waals surface area (Å²) >= 11 is 0. The molecule has 1 aliphatic carbocycles. The number of aryl methyl sites for hydroxylation is 2. The molecule has 0 unspecified atom stereocenters. The minimum absolute atomic E-state index is 0.0491. The number of anilines is 3. The second-order valence-corrected chi connectivity index (χ2v) is 9.65. The Balaban J connectivity index is 1.36. The molecular weight excluding hydrogens is 454 g/mol. The lowest BCUT2D eigenvalue weighted by Gasteiger charge is -2.25. The first kappa shape index (κ1) is 22.9. The number of rotatable bonds is 7. The predicted molar refractivity (Wildman–Crippen MR) is 141 cm³/mol. The van der Waals surface area contributed by atoms with E-state index in [1.165, 1.54) is 0 Å². The largest absolute Gasteiger partial charge is 0.379 e. The summed E-state index contributed by atoms with van der Waals surface area (Å²) in [7, 11) is 0. The van der Waals surface area contributed by atoms with Crippen molar-refractivity contribution < 1.29 is 9.53 Å². The highest BCUT2D eigenvalue weighted by Gasteiger charge is 2.30. The number of fused-ring (bicyclic) bond motifs is 2. The third kappa shape index (κ3) is 4.52. The van der Waals surface area contributed by atoms with E-state index in [9.17, 15) is 4.79 Å². The van der Waals surface area contributed by atoms with Gasteiger partial charge in [-0.05, 0) is 44.4 Å². The molecule has 4 aromatic rings. The van der Waals surface area contributed by atoms with Gasteiger partial charge in [-0.1, -0.05) is 18.2 Å². The van der Waals surface area contributed by atoms with Crippen molar-refractivity contribution in [2.24, 2.45) is 0 Å². The number of hydrogen-bond donors (Lipinski definition) is 2. The number of carbonyl (C=O) groups excluding carboxylic acids is 1. The van der Waals surface area contributed by atoms with Crippen LogP contribution in [0.25, 0.3) is 21.9 Å². The Labute approximate surface area is 209 Å². The number of nitrogens with zero attached hydrogens (tertiary/aromatic N) is 5. The molecule has 2 aliphatic rings. The first-order chi connectivity index (χ1) is 17.6. The summed E-state index contributed by atoms with van der Waals surface area (Å²) in [6.45, 7) is 8.18. The highest BCUT2D eigenvalue weighted by atomic mass is 16.5. The van der Waals surface area contributed by atoms with Crippen molar-refractivity contribution in [2.75, 3.05) is 43.5 Å². The summed E-state index contributed by atoms with van der Waals surface area (Å²) < 4.78 is 7.68. The van der Waals surface area contributed by atoms with Crippen LogP contribution in [0.3, 0.4) is 0 Å². The molecule has 3 heterocycles. The number of morpholine rings is 1. The number of amides is 1. The van der Waals surface area contributed by atoms with Gasteiger partial charge in [-0.3, -0.25) is 9.69 Å². The van der Waals surface area contributed by atoms with Crippen molar-refractivity contribution in [2.45, 2.75) is 39.2 Å². The Morgan fingerprint density at radius 1 is 1.14 bits per heavy atom. The highest BCUT2D eigenvalue weighted by Crippen LogP contribution is 2.42. The number of para-hydroxylation sites is 1. The second-order valence-electron chi connectivity index (χ2n) is 9.65. The molecule has 2 fully saturated rings. The molecular formula is C27H31N7O2. The van der Waals surface area contributed by atoms with E-state index in [0.29, 0.717) is 37.3 Å².